The van der Waals surface area contributed by atoms with Gasteiger partial charge in [-0.3, -0.25) is 0 Å². The van der Waals surface area contributed by atoms with Crippen molar-refractivity contribution >= 4 is 38.7 Å². The summed E-state index contributed by atoms with van der Waals surface area (Å²) >= 11 is 5.30. The van der Waals surface area contributed by atoms with Gasteiger partial charge in [-0.25, -0.2) is 0 Å². The molecule has 1 aliphatic carbocycles. The minimum absolute atomic E-state index is 0.523. The van der Waals surface area contributed by atoms with Crippen LogP contribution < -0.4 is 0 Å². The van der Waals surface area contributed by atoms with Gasteiger partial charge < -0.3 is 0 Å². The quantitative estimate of drug-likeness (QED) is 0.402. The molecule has 0 saturated carbocycles. The molecule has 0 spiro atoms. The molecule has 0 aliphatic heterocycles. The fourth-order valence-corrected chi connectivity index (χ4v) is 0.513. The number of halogens is 2. The zero-order valence-corrected chi connectivity index (χ0v) is 12.3. The fraction of sp³-hybridized carbons (Fsp3) is 0. The van der Waals surface area contributed by atoms with Crippen LogP contribution in [0.4, 0.5) is 0 Å². The molecule has 0 fully saturated rings. The molecule has 1 rings (SSSR count). The molecule has 11 heavy (non-hydrogen) atoms. The van der Waals surface area contributed by atoms with Crippen molar-refractivity contribution in [2.45, 2.75) is 0 Å². The number of rotatable bonds is 0. The van der Waals surface area contributed by atoms with E-state index < -0.39 is 0 Å². The third-order valence-corrected chi connectivity index (χ3v) is 0.889. The van der Waals surface area contributed by atoms with Crippen LogP contribution in [0.3, 0.4) is 0 Å². The van der Waals surface area contributed by atoms with Crippen molar-refractivity contribution in [3.05, 3.63) is 50.0 Å². The first-order valence-electron chi connectivity index (χ1n) is 2.91. The van der Waals surface area contributed by atoms with Gasteiger partial charge in [-0.1, -0.05) is 24.3 Å². The third kappa shape index (κ3) is 11.6. The van der Waals surface area contributed by atoms with Crippen molar-refractivity contribution in [1.82, 2.24) is 0 Å². The Labute approximate surface area is 98.5 Å². The molecule has 64 valence electrons. The summed E-state index contributed by atoms with van der Waals surface area (Å²) in [7, 11) is 0. The molecule has 0 atom stereocenters. The van der Waals surface area contributed by atoms with E-state index in [0.29, 0.717) is 11.2 Å². The van der Waals surface area contributed by atoms with Gasteiger partial charge in [-0.05, 0) is 25.7 Å². The van der Waals surface area contributed by atoms with E-state index in [0.717, 1.165) is 0 Å². The molecular formula is C8H8I2Pt. The summed E-state index contributed by atoms with van der Waals surface area (Å²) in [4.78, 5) is 0. The molecule has 0 nitrogen and oxygen atoms in total. The summed E-state index contributed by atoms with van der Waals surface area (Å²) < 4.78 is 0. The van der Waals surface area contributed by atoms with Crippen molar-refractivity contribution in [3.8, 4) is 0 Å². The predicted octanol–water partition coefficient (Wildman–Crippen LogP) is 3.70. The van der Waals surface area contributed by atoms with Gasteiger partial charge in [0.05, 0.1) is 0 Å². The van der Waals surface area contributed by atoms with Crippen molar-refractivity contribution in [3.63, 3.8) is 0 Å². The van der Waals surface area contributed by atoms with Crippen molar-refractivity contribution in [2.75, 3.05) is 0 Å². The summed E-state index contributed by atoms with van der Waals surface area (Å²) in [6, 6.07) is 0. The Bertz CT molecular complexity index is 95.3. The maximum absolute atomic E-state index is 2.39. The van der Waals surface area contributed by atoms with Crippen LogP contribution in [0.15, 0.2) is 24.3 Å². The Morgan fingerprint density at radius 2 is 0.818 bits per heavy atom. The molecule has 4 radical (unpaired) electrons. The molecular weight excluding hydrogens is 545 g/mol. The Morgan fingerprint density at radius 3 is 1.00 bits per heavy atom. The molecule has 0 unspecified atom stereocenters. The monoisotopic (exact) mass is 553 g/mol. The summed E-state index contributed by atoms with van der Waals surface area (Å²) in [5.74, 6) is 0. The molecule has 0 bridgehead atoms. The molecule has 0 amide bonds. The molecule has 1 aliphatic rings. The Kier molecular flexibility index (Phi) is 13.3. The van der Waals surface area contributed by atoms with E-state index in [2.05, 4.69) is 38.7 Å². The summed E-state index contributed by atoms with van der Waals surface area (Å²) in [6.45, 7) is 0. The van der Waals surface area contributed by atoms with E-state index in [-0.39, 0.29) is 0 Å². The standard InChI is InChI=1S/C8H8.2HI.Pt/c1-2-4-6-8-7-5-3-1;;;/h1-8H;2*1H;/q;;;+2/p-2/b2-1-,8-7-;;;. The first-order valence-corrected chi connectivity index (χ1v) is 15.8. The fourth-order valence-electron chi connectivity index (χ4n) is 0.513. The SMILES string of the molecule is [CH]1[CH]/C=C\[CH][CH]/C=C\1.[I][Pt][I]. The van der Waals surface area contributed by atoms with Gasteiger partial charge >= 0.3 is 49.9 Å². The summed E-state index contributed by atoms with van der Waals surface area (Å²) in [5.41, 5.74) is 0. The topological polar surface area (TPSA) is 0 Å². The van der Waals surface area contributed by atoms with Gasteiger partial charge in [0, 0.05) is 0 Å². The second-order valence-corrected chi connectivity index (χ2v) is 18.2. The van der Waals surface area contributed by atoms with Crippen LogP contribution in [0.1, 0.15) is 0 Å². The van der Waals surface area contributed by atoms with Crippen LogP contribution in [-0.2, 0) is 11.2 Å². The molecule has 0 aromatic heterocycles. The van der Waals surface area contributed by atoms with Crippen LogP contribution >= 0.6 is 38.7 Å². The number of hydrogen-bond donors (Lipinski definition) is 0. The van der Waals surface area contributed by atoms with Crippen LogP contribution in [0.25, 0.3) is 0 Å². The number of allylic oxidation sites excluding steroid dienone is 4. The van der Waals surface area contributed by atoms with Crippen LogP contribution in [0.5, 0.6) is 0 Å². The van der Waals surface area contributed by atoms with Gasteiger partial charge in [0.15, 0.2) is 0 Å². The Balaban J connectivity index is 0.000000292. The second kappa shape index (κ2) is 11.6. The van der Waals surface area contributed by atoms with Crippen LogP contribution in [0.2, 0.25) is 0 Å². The molecule has 0 heterocycles. The van der Waals surface area contributed by atoms with Gasteiger partial charge in [0.25, 0.3) is 0 Å². The summed E-state index contributed by atoms with van der Waals surface area (Å²) in [6.07, 6.45) is 16.0. The van der Waals surface area contributed by atoms with E-state index in [4.69, 9.17) is 0 Å². The second-order valence-electron chi connectivity index (χ2n) is 1.58. The minimum atomic E-state index is 0.523. The molecule has 3 heteroatoms. The average Bonchev–Trinajstić information content (AvgIpc) is 1.86. The van der Waals surface area contributed by atoms with Gasteiger partial charge in [-0.2, -0.15) is 0 Å². The van der Waals surface area contributed by atoms with E-state index in [1.54, 1.807) is 0 Å². The van der Waals surface area contributed by atoms with Crippen LogP contribution in [0, 0.1) is 25.7 Å². The van der Waals surface area contributed by atoms with E-state index in [1.165, 1.54) is 0 Å². The van der Waals surface area contributed by atoms with Gasteiger partial charge in [0.2, 0.25) is 0 Å². The van der Waals surface area contributed by atoms with E-state index in [1.807, 2.05) is 50.0 Å². The Hall–Kier alpha value is 1.63. The van der Waals surface area contributed by atoms with Gasteiger partial charge in [-0.15, -0.1) is 0 Å². The predicted molar refractivity (Wildman–Crippen MR) is 63.5 cm³/mol. The van der Waals surface area contributed by atoms with Crippen molar-refractivity contribution in [1.29, 1.82) is 0 Å². The number of hydrogen-bond acceptors (Lipinski definition) is 0. The first-order chi connectivity index (χ1) is 5.41. The van der Waals surface area contributed by atoms with Crippen molar-refractivity contribution < 1.29 is 11.2 Å². The summed E-state index contributed by atoms with van der Waals surface area (Å²) in [5, 5.41) is 0. The molecule has 0 aromatic carbocycles. The van der Waals surface area contributed by atoms with E-state index >= 15 is 0 Å². The zero-order valence-electron chi connectivity index (χ0n) is 5.69. The average molecular weight is 553 g/mol. The maximum atomic E-state index is 2.39. The van der Waals surface area contributed by atoms with E-state index in [9.17, 15) is 0 Å². The normalized spacial score (nSPS) is 22.4. The third-order valence-electron chi connectivity index (χ3n) is 0.889. The van der Waals surface area contributed by atoms with Crippen molar-refractivity contribution in [2.24, 2.45) is 0 Å². The molecule has 0 N–H and O–H groups in total. The molecule has 0 aromatic rings. The van der Waals surface area contributed by atoms with Crippen LogP contribution in [-0.4, -0.2) is 0 Å². The molecule has 0 saturated heterocycles. The first kappa shape index (κ1) is 12.6. The van der Waals surface area contributed by atoms with Gasteiger partial charge in [0.1, 0.15) is 0 Å². The Morgan fingerprint density at radius 1 is 0.636 bits per heavy atom. The zero-order chi connectivity index (χ0) is 8.36.